The van der Waals surface area contributed by atoms with E-state index >= 15 is 0 Å². The number of allylic oxidation sites excluding steroid dienone is 1. The predicted octanol–water partition coefficient (Wildman–Crippen LogP) is 1.61. The molecule has 5 atom stereocenters. The van der Waals surface area contributed by atoms with Gasteiger partial charge in [-0.3, -0.25) is 14.4 Å². The third kappa shape index (κ3) is 4.56. The molecule has 2 aliphatic carbocycles. The van der Waals surface area contributed by atoms with E-state index in [4.69, 9.17) is 0 Å². The molecule has 1 saturated heterocycles. The van der Waals surface area contributed by atoms with Crippen molar-refractivity contribution in [3.8, 4) is 0 Å². The van der Waals surface area contributed by atoms with Crippen LogP contribution in [0.3, 0.4) is 0 Å². The van der Waals surface area contributed by atoms with E-state index in [1.165, 1.54) is 6.42 Å². The van der Waals surface area contributed by atoms with Crippen LogP contribution >= 0.6 is 0 Å². The monoisotopic (exact) mass is 419 g/mol. The Morgan fingerprint density at radius 3 is 2.53 bits per heavy atom. The number of carbonyl (C=O) groups is 3. The second-order valence-corrected chi connectivity index (χ2v) is 8.98. The normalized spacial score (nSPS) is 31.5. The fourth-order valence-electron chi connectivity index (χ4n) is 5.65. The molecule has 30 heavy (non-hydrogen) atoms. The van der Waals surface area contributed by atoms with E-state index in [1.54, 1.807) is 11.9 Å². The zero-order valence-electron chi connectivity index (χ0n) is 18.3. The molecule has 1 aliphatic heterocycles. The van der Waals surface area contributed by atoms with E-state index in [0.29, 0.717) is 13.0 Å². The van der Waals surface area contributed by atoms with Crippen LogP contribution in [-0.4, -0.2) is 60.0 Å². The van der Waals surface area contributed by atoms with Gasteiger partial charge in [-0.15, -0.1) is 0 Å². The molecule has 0 aromatic heterocycles. The first-order valence-corrected chi connectivity index (χ1v) is 11.6. The molecule has 3 rings (SSSR count). The van der Waals surface area contributed by atoms with E-state index in [2.05, 4.69) is 17.6 Å². The van der Waals surface area contributed by atoms with Gasteiger partial charge in [0.1, 0.15) is 6.04 Å². The van der Waals surface area contributed by atoms with Gasteiger partial charge in [-0.1, -0.05) is 44.8 Å². The number of hydrogen-bond acceptors (Lipinski definition) is 4. The molecule has 0 aromatic carbocycles. The van der Waals surface area contributed by atoms with Gasteiger partial charge in [0, 0.05) is 32.2 Å². The Hall–Kier alpha value is -1.89. The first-order valence-electron chi connectivity index (χ1n) is 11.6. The number of hydrogen-bond donors (Lipinski definition) is 3. The van der Waals surface area contributed by atoms with Gasteiger partial charge in [0.25, 0.3) is 0 Å². The van der Waals surface area contributed by atoms with Gasteiger partial charge < -0.3 is 20.6 Å². The maximum absolute atomic E-state index is 13.5. The first kappa shape index (κ1) is 22.8. The van der Waals surface area contributed by atoms with Crippen molar-refractivity contribution in [3.63, 3.8) is 0 Å². The highest BCUT2D eigenvalue weighted by Crippen LogP contribution is 2.45. The van der Waals surface area contributed by atoms with Crippen LogP contribution in [0.5, 0.6) is 0 Å². The third-order valence-electron chi connectivity index (χ3n) is 7.06. The smallest absolute Gasteiger partial charge is 0.243 e. The van der Waals surface area contributed by atoms with Crippen molar-refractivity contribution in [2.45, 2.75) is 70.4 Å². The zero-order chi connectivity index (χ0) is 21.7. The van der Waals surface area contributed by atoms with Crippen LogP contribution in [0.4, 0.5) is 0 Å². The fraction of sp³-hybridized carbons (Fsp3) is 0.783. The second-order valence-electron chi connectivity index (χ2n) is 8.98. The van der Waals surface area contributed by atoms with E-state index in [1.807, 2.05) is 12.2 Å². The highest BCUT2D eigenvalue weighted by Gasteiger charge is 2.56. The SMILES string of the molecule is CCC[C@@H]1C=C[C@H]2[C@@H](C(=O)N(CCCO)[C@@H]2C(=O)NC2CCCCC2)[C@@H]1C(=O)NC. The lowest BCUT2D eigenvalue weighted by Crippen LogP contribution is -2.50. The molecule has 7 heteroatoms. The van der Waals surface area contributed by atoms with Crippen molar-refractivity contribution in [2.24, 2.45) is 23.7 Å². The van der Waals surface area contributed by atoms with Crippen LogP contribution in [0.15, 0.2) is 12.2 Å². The summed E-state index contributed by atoms with van der Waals surface area (Å²) in [6, 6.07) is -0.447. The second kappa shape index (κ2) is 10.4. The van der Waals surface area contributed by atoms with Crippen molar-refractivity contribution in [2.75, 3.05) is 20.2 Å². The van der Waals surface area contributed by atoms with Crippen LogP contribution in [0, 0.1) is 23.7 Å². The number of amides is 3. The van der Waals surface area contributed by atoms with Gasteiger partial charge in [0.15, 0.2) is 0 Å². The number of nitrogens with one attached hydrogen (secondary N) is 2. The third-order valence-corrected chi connectivity index (χ3v) is 7.06. The zero-order valence-corrected chi connectivity index (χ0v) is 18.3. The molecule has 0 radical (unpaired) electrons. The highest BCUT2D eigenvalue weighted by molar-refractivity contribution is 5.96. The Morgan fingerprint density at radius 1 is 1.17 bits per heavy atom. The Morgan fingerprint density at radius 2 is 1.90 bits per heavy atom. The number of nitrogens with zero attached hydrogens (tertiary/aromatic N) is 1. The molecule has 3 aliphatic rings. The summed E-state index contributed by atoms with van der Waals surface area (Å²) in [6.07, 6.45) is 11.6. The summed E-state index contributed by atoms with van der Waals surface area (Å²) in [7, 11) is 1.61. The molecular weight excluding hydrogens is 382 g/mol. The van der Waals surface area contributed by atoms with Gasteiger partial charge in [-0.2, -0.15) is 0 Å². The van der Waals surface area contributed by atoms with Gasteiger partial charge in [-0.05, 0) is 31.6 Å². The summed E-state index contributed by atoms with van der Waals surface area (Å²) in [5.74, 6) is -1.66. The minimum absolute atomic E-state index is 0.00000230. The van der Waals surface area contributed by atoms with Crippen molar-refractivity contribution in [1.82, 2.24) is 15.5 Å². The summed E-state index contributed by atoms with van der Waals surface area (Å²) in [6.45, 7) is 2.37. The molecule has 3 amide bonds. The number of aliphatic hydroxyl groups is 1. The average Bonchev–Trinajstić information content (AvgIpc) is 3.04. The Balaban J connectivity index is 1.89. The molecular formula is C23H37N3O4. The number of aliphatic hydroxyl groups excluding tert-OH is 1. The maximum Gasteiger partial charge on any atom is 0.243 e. The first-order chi connectivity index (χ1) is 14.5. The van der Waals surface area contributed by atoms with Gasteiger partial charge in [-0.25, -0.2) is 0 Å². The van der Waals surface area contributed by atoms with Crippen LogP contribution in [0.25, 0.3) is 0 Å². The Labute approximate surface area is 179 Å². The number of carbonyl (C=O) groups excluding carboxylic acids is 3. The molecule has 168 valence electrons. The molecule has 0 aromatic rings. The largest absolute Gasteiger partial charge is 0.396 e. The van der Waals surface area contributed by atoms with Crippen LogP contribution in [0.2, 0.25) is 0 Å². The lowest BCUT2D eigenvalue weighted by Gasteiger charge is -2.34. The van der Waals surface area contributed by atoms with Crippen molar-refractivity contribution in [3.05, 3.63) is 12.2 Å². The standard InChI is InChI=1S/C23H37N3O4/c1-3-8-15-11-12-17-19(18(15)21(28)24-2)23(30)26(13-7-14-27)20(17)22(29)25-16-9-5-4-6-10-16/h11-12,15-20,27H,3-10,13-14H2,1-2H3,(H,24,28)(H,25,29)/t15-,17+,18-,19-,20+/m1/s1. The quantitative estimate of drug-likeness (QED) is 0.521. The van der Waals surface area contributed by atoms with Crippen LogP contribution in [0.1, 0.15) is 58.3 Å². The molecule has 7 nitrogen and oxygen atoms in total. The number of likely N-dealkylation sites (tertiary alicyclic amines) is 1. The fourth-order valence-corrected chi connectivity index (χ4v) is 5.65. The van der Waals surface area contributed by atoms with E-state index in [-0.39, 0.29) is 42.2 Å². The topological polar surface area (TPSA) is 98.7 Å². The predicted molar refractivity (Wildman–Crippen MR) is 114 cm³/mol. The summed E-state index contributed by atoms with van der Waals surface area (Å²) in [4.78, 5) is 41.2. The van der Waals surface area contributed by atoms with E-state index in [9.17, 15) is 19.5 Å². The molecule has 0 unspecified atom stereocenters. The Bertz CT molecular complexity index is 659. The molecule has 1 heterocycles. The summed E-state index contributed by atoms with van der Waals surface area (Å²) in [5, 5.41) is 15.3. The minimum Gasteiger partial charge on any atom is -0.396 e. The summed E-state index contributed by atoms with van der Waals surface area (Å²) < 4.78 is 0. The van der Waals surface area contributed by atoms with Gasteiger partial charge in [0.2, 0.25) is 17.7 Å². The minimum atomic E-state index is -0.609. The van der Waals surface area contributed by atoms with Crippen molar-refractivity contribution < 1.29 is 19.5 Å². The van der Waals surface area contributed by atoms with Crippen molar-refractivity contribution >= 4 is 17.7 Å². The van der Waals surface area contributed by atoms with Gasteiger partial charge in [0.05, 0.1) is 11.8 Å². The lowest BCUT2D eigenvalue weighted by molar-refractivity contribution is -0.141. The lowest BCUT2D eigenvalue weighted by atomic mass is 9.68. The highest BCUT2D eigenvalue weighted by atomic mass is 16.3. The van der Waals surface area contributed by atoms with Gasteiger partial charge >= 0.3 is 0 Å². The van der Waals surface area contributed by atoms with E-state index in [0.717, 1.165) is 38.5 Å². The molecule has 1 saturated carbocycles. The number of fused-ring (bicyclic) bond motifs is 1. The molecule has 0 spiro atoms. The Kier molecular flexibility index (Phi) is 7.92. The average molecular weight is 420 g/mol. The van der Waals surface area contributed by atoms with Crippen LogP contribution < -0.4 is 10.6 Å². The molecule has 0 bridgehead atoms. The molecule has 2 fully saturated rings. The number of rotatable bonds is 8. The van der Waals surface area contributed by atoms with Crippen LogP contribution in [-0.2, 0) is 14.4 Å². The summed E-state index contributed by atoms with van der Waals surface area (Å²) in [5.41, 5.74) is 0. The maximum atomic E-state index is 13.5. The van der Waals surface area contributed by atoms with E-state index < -0.39 is 17.9 Å². The van der Waals surface area contributed by atoms with Crippen molar-refractivity contribution in [1.29, 1.82) is 0 Å². The summed E-state index contributed by atoms with van der Waals surface area (Å²) >= 11 is 0. The molecule has 3 N–H and O–H groups in total.